The van der Waals surface area contributed by atoms with E-state index in [9.17, 15) is 8.78 Å². The summed E-state index contributed by atoms with van der Waals surface area (Å²) in [6, 6.07) is 0.769. The van der Waals surface area contributed by atoms with Crippen LogP contribution in [0.3, 0.4) is 0 Å². The van der Waals surface area contributed by atoms with Crippen molar-refractivity contribution in [1.29, 1.82) is 0 Å². The predicted octanol–water partition coefficient (Wildman–Crippen LogP) is 1.21. The van der Waals surface area contributed by atoms with Gasteiger partial charge in [0.15, 0.2) is 0 Å². The first kappa shape index (κ1) is 9.34. The molecular weight excluding hydrogens is 174 g/mol. The molecule has 0 aromatic carbocycles. The Labute approximate surface area is 77.1 Å². The van der Waals surface area contributed by atoms with Gasteiger partial charge in [0.05, 0.1) is 5.54 Å². The standard InChI is InChI=1S/C9H16F2N2/c1-6-4-9(12,8(10)11)5-13(6)7-2-3-7/h6-8H,2-5,12H2,1H3. The molecule has 0 aromatic heterocycles. The van der Waals surface area contributed by atoms with Gasteiger partial charge in [-0.05, 0) is 26.2 Å². The van der Waals surface area contributed by atoms with E-state index in [4.69, 9.17) is 5.73 Å². The molecule has 0 spiro atoms. The molecule has 0 amide bonds. The van der Waals surface area contributed by atoms with Crippen molar-refractivity contribution in [2.45, 2.75) is 50.2 Å². The average Bonchev–Trinajstić information content (AvgIpc) is 2.79. The number of nitrogens with zero attached hydrogens (tertiary/aromatic N) is 1. The minimum absolute atomic E-state index is 0.228. The van der Waals surface area contributed by atoms with E-state index < -0.39 is 12.0 Å². The third-order valence-corrected chi connectivity index (χ3v) is 3.17. The maximum atomic E-state index is 12.6. The maximum absolute atomic E-state index is 12.6. The van der Waals surface area contributed by atoms with E-state index in [-0.39, 0.29) is 6.04 Å². The van der Waals surface area contributed by atoms with E-state index in [1.54, 1.807) is 0 Å². The second kappa shape index (κ2) is 2.89. The molecule has 2 unspecified atom stereocenters. The van der Waals surface area contributed by atoms with E-state index in [1.807, 2.05) is 6.92 Å². The van der Waals surface area contributed by atoms with Crippen LogP contribution in [0.25, 0.3) is 0 Å². The number of hydrogen-bond acceptors (Lipinski definition) is 2. The lowest BCUT2D eigenvalue weighted by molar-refractivity contribution is 0.0575. The number of hydrogen-bond donors (Lipinski definition) is 1. The molecule has 4 heteroatoms. The first-order chi connectivity index (χ1) is 6.03. The summed E-state index contributed by atoms with van der Waals surface area (Å²) < 4.78 is 25.2. The van der Waals surface area contributed by atoms with Gasteiger partial charge in [-0.15, -0.1) is 0 Å². The van der Waals surface area contributed by atoms with Crippen molar-refractivity contribution in [3.05, 3.63) is 0 Å². The molecule has 13 heavy (non-hydrogen) atoms. The first-order valence-corrected chi connectivity index (χ1v) is 4.86. The fourth-order valence-electron chi connectivity index (χ4n) is 2.28. The van der Waals surface area contributed by atoms with Crippen LogP contribution in [-0.4, -0.2) is 35.5 Å². The summed E-state index contributed by atoms with van der Waals surface area (Å²) in [6.07, 6.45) is 0.354. The number of nitrogens with two attached hydrogens (primary N) is 1. The summed E-state index contributed by atoms with van der Waals surface area (Å²) in [5.74, 6) is 0. The van der Waals surface area contributed by atoms with E-state index >= 15 is 0 Å². The van der Waals surface area contributed by atoms with Crippen LogP contribution in [-0.2, 0) is 0 Å². The average molecular weight is 190 g/mol. The van der Waals surface area contributed by atoms with Crippen molar-refractivity contribution in [2.75, 3.05) is 6.54 Å². The van der Waals surface area contributed by atoms with Crippen molar-refractivity contribution in [3.63, 3.8) is 0 Å². The van der Waals surface area contributed by atoms with Crippen molar-refractivity contribution in [3.8, 4) is 0 Å². The van der Waals surface area contributed by atoms with Crippen molar-refractivity contribution in [2.24, 2.45) is 5.73 Å². The Bertz CT molecular complexity index is 206. The molecule has 1 heterocycles. The molecular formula is C9H16F2N2. The van der Waals surface area contributed by atoms with E-state index in [0.717, 1.165) is 12.8 Å². The van der Waals surface area contributed by atoms with Crippen LogP contribution in [0.4, 0.5) is 8.78 Å². The second-order valence-corrected chi connectivity index (χ2v) is 4.49. The molecule has 1 saturated heterocycles. The maximum Gasteiger partial charge on any atom is 0.257 e. The predicted molar refractivity (Wildman–Crippen MR) is 46.7 cm³/mol. The Kier molecular flexibility index (Phi) is 2.07. The topological polar surface area (TPSA) is 29.3 Å². The number of alkyl halides is 2. The summed E-state index contributed by atoms with van der Waals surface area (Å²) in [7, 11) is 0. The highest BCUT2D eigenvalue weighted by Crippen LogP contribution is 2.38. The highest BCUT2D eigenvalue weighted by atomic mass is 19.3. The Balaban J connectivity index is 2.04. The Morgan fingerprint density at radius 1 is 1.46 bits per heavy atom. The SMILES string of the molecule is CC1CC(N)(C(F)F)CN1C1CC1. The van der Waals surface area contributed by atoms with Gasteiger partial charge in [-0.1, -0.05) is 0 Å². The van der Waals surface area contributed by atoms with Crippen LogP contribution in [0.5, 0.6) is 0 Å². The van der Waals surface area contributed by atoms with Gasteiger partial charge in [0.25, 0.3) is 6.43 Å². The molecule has 0 bridgehead atoms. The molecule has 1 aliphatic heterocycles. The summed E-state index contributed by atoms with van der Waals surface area (Å²) in [5, 5.41) is 0. The third kappa shape index (κ3) is 1.57. The summed E-state index contributed by atoms with van der Waals surface area (Å²) >= 11 is 0. The van der Waals surface area contributed by atoms with Crippen molar-refractivity contribution in [1.82, 2.24) is 4.90 Å². The second-order valence-electron chi connectivity index (χ2n) is 4.49. The Morgan fingerprint density at radius 2 is 2.08 bits per heavy atom. The van der Waals surface area contributed by atoms with Gasteiger partial charge in [0.2, 0.25) is 0 Å². The fourth-order valence-corrected chi connectivity index (χ4v) is 2.28. The molecule has 1 aliphatic carbocycles. The molecule has 2 N–H and O–H groups in total. The summed E-state index contributed by atoms with van der Waals surface area (Å²) in [4.78, 5) is 2.14. The minimum Gasteiger partial charge on any atom is -0.319 e. The number of likely N-dealkylation sites (tertiary alicyclic amines) is 1. The van der Waals surface area contributed by atoms with E-state index in [0.29, 0.717) is 19.0 Å². The molecule has 2 aliphatic rings. The van der Waals surface area contributed by atoms with Crippen LogP contribution >= 0.6 is 0 Å². The molecule has 2 nitrogen and oxygen atoms in total. The lowest BCUT2D eigenvalue weighted by Gasteiger charge is -2.23. The molecule has 1 saturated carbocycles. The highest BCUT2D eigenvalue weighted by molar-refractivity contribution is 5.04. The highest BCUT2D eigenvalue weighted by Gasteiger charge is 2.49. The normalized spacial score (nSPS) is 41.8. The van der Waals surface area contributed by atoms with Gasteiger partial charge in [-0.2, -0.15) is 0 Å². The Morgan fingerprint density at radius 3 is 2.46 bits per heavy atom. The molecule has 2 rings (SSSR count). The molecule has 76 valence electrons. The van der Waals surface area contributed by atoms with Gasteiger partial charge in [0, 0.05) is 18.6 Å². The van der Waals surface area contributed by atoms with Crippen LogP contribution in [0.1, 0.15) is 26.2 Å². The van der Waals surface area contributed by atoms with Crippen LogP contribution in [0.2, 0.25) is 0 Å². The van der Waals surface area contributed by atoms with Gasteiger partial charge in [0.1, 0.15) is 0 Å². The van der Waals surface area contributed by atoms with Crippen LogP contribution in [0.15, 0.2) is 0 Å². The lowest BCUT2D eigenvalue weighted by Crippen LogP contribution is -2.49. The van der Waals surface area contributed by atoms with Crippen LogP contribution in [0, 0.1) is 0 Å². The monoisotopic (exact) mass is 190 g/mol. The minimum atomic E-state index is -2.39. The fraction of sp³-hybridized carbons (Fsp3) is 1.00. The zero-order valence-electron chi connectivity index (χ0n) is 7.84. The molecule has 2 fully saturated rings. The van der Waals surface area contributed by atoms with Gasteiger partial charge >= 0.3 is 0 Å². The zero-order valence-corrected chi connectivity index (χ0v) is 7.84. The molecule has 2 atom stereocenters. The van der Waals surface area contributed by atoms with Crippen molar-refractivity contribution < 1.29 is 8.78 Å². The molecule has 0 aromatic rings. The first-order valence-electron chi connectivity index (χ1n) is 4.86. The van der Waals surface area contributed by atoms with Gasteiger partial charge in [-0.25, -0.2) is 8.78 Å². The summed E-state index contributed by atoms with van der Waals surface area (Å²) in [5.41, 5.74) is 4.41. The zero-order chi connectivity index (χ0) is 9.64. The number of rotatable bonds is 2. The smallest absolute Gasteiger partial charge is 0.257 e. The van der Waals surface area contributed by atoms with Gasteiger partial charge in [-0.3, -0.25) is 4.90 Å². The van der Waals surface area contributed by atoms with E-state index in [2.05, 4.69) is 4.90 Å². The van der Waals surface area contributed by atoms with Gasteiger partial charge < -0.3 is 5.73 Å². The third-order valence-electron chi connectivity index (χ3n) is 3.17. The number of halogens is 2. The van der Waals surface area contributed by atoms with Crippen LogP contribution < -0.4 is 5.73 Å². The summed E-state index contributed by atoms with van der Waals surface area (Å²) in [6.45, 7) is 2.37. The largest absolute Gasteiger partial charge is 0.319 e. The lowest BCUT2D eigenvalue weighted by atomic mass is 9.99. The Hall–Kier alpha value is -0.220. The molecule has 0 radical (unpaired) electrons. The quantitative estimate of drug-likeness (QED) is 0.709. The van der Waals surface area contributed by atoms with E-state index in [1.165, 1.54) is 0 Å². The van der Waals surface area contributed by atoms with Crippen molar-refractivity contribution >= 4 is 0 Å².